The summed E-state index contributed by atoms with van der Waals surface area (Å²) in [5.41, 5.74) is 0.914. The first-order valence-corrected chi connectivity index (χ1v) is 5.32. The summed E-state index contributed by atoms with van der Waals surface area (Å²) in [4.78, 5) is 0. The van der Waals surface area contributed by atoms with Gasteiger partial charge in [-0.15, -0.1) is 0 Å². The molecule has 2 unspecified atom stereocenters. The smallest absolute Gasteiger partial charge is 0.0263 e. The van der Waals surface area contributed by atoms with Gasteiger partial charge < -0.3 is 0 Å². The minimum atomic E-state index is 0.914. The van der Waals surface area contributed by atoms with E-state index in [1.807, 2.05) is 0 Å². The van der Waals surface area contributed by atoms with E-state index in [2.05, 4.69) is 6.92 Å². The first-order valence-electron chi connectivity index (χ1n) is 5.32. The zero-order valence-electron chi connectivity index (χ0n) is 7.47. The highest BCUT2D eigenvalue weighted by Gasteiger charge is 2.59. The molecule has 0 N–H and O–H groups in total. The maximum Gasteiger partial charge on any atom is -0.0263 e. The van der Waals surface area contributed by atoms with Crippen LogP contribution in [0.3, 0.4) is 0 Å². The average molecular weight is 150 g/mol. The molecule has 1 spiro atoms. The van der Waals surface area contributed by atoms with E-state index >= 15 is 0 Å². The number of rotatable bonds is 0. The molecule has 4 aliphatic rings. The predicted octanol–water partition coefficient (Wildman–Crippen LogP) is 3.22. The molecule has 0 aromatic carbocycles. The van der Waals surface area contributed by atoms with Gasteiger partial charge in [0, 0.05) is 0 Å². The largest absolute Gasteiger partial charge is 0.0622 e. The lowest BCUT2D eigenvalue weighted by atomic mass is 9.46. The zero-order valence-corrected chi connectivity index (χ0v) is 7.47. The quantitative estimate of drug-likeness (QED) is 0.497. The highest BCUT2D eigenvalue weighted by atomic mass is 14.6. The molecule has 4 aliphatic carbocycles. The van der Waals surface area contributed by atoms with Gasteiger partial charge in [0.25, 0.3) is 0 Å². The fourth-order valence-corrected chi connectivity index (χ4v) is 4.28. The second kappa shape index (κ2) is 1.84. The second-order valence-corrected chi connectivity index (χ2v) is 5.25. The Balaban J connectivity index is 1.90. The molecule has 0 aliphatic heterocycles. The van der Waals surface area contributed by atoms with Crippen LogP contribution in [0.5, 0.6) is 0 Å². The Morgan fingerprint density at radius 3 is 2.91 bits per heavy atom. The van der Waals surface area contributed by atoms with Gasteiger partial charge in [-0.25, -0.2) is 0 Å². The van der Waals surface area contributed by atoms with E-state index in [0.29, 0.717) is 0 Å². The van der Waals surface area contributed by atoms with Gasteiger partial charge >= 0.3 is 0 Å². The summed E-state index contributed by atoms with van der Waals surface area (Å²) in [7, 11) is 0. The molecule has 4 saturated carbocycles. The molecule has 0 nitrogen and oxygen atoms in total. The average Bonchev–Trinajstić information content (AvgIpc) is 2.29. The van der Waals surface area contributed by atoms with Crippen LogP contribution in [-0.4, -0.2) is 0 Å². The van der Waals surface area contributed by atoms with E-state index in [1.54, 1.807) is 38.5 Å². The number of fused-ring (bicyclic) bond motifs is 2. The summed E-state index contributed by atoms with van der Waals surface area (Å²) in [5, 5.41) is 0. The lowest BCUT2D eigenvalue weighted by molar-refractivity contribution is -0.0979. The van der Waals surface area contributed by atoms with Crippen molar-refractivity contribution in [2.75, 3.05) is 0 Å². The molecule has 0 heterocycles. The minimum Gasteiger partial charge on any atom is -0.0622 e. The third-order valence-corrected chi connectivity index (χ3v) is 4.96. The van der Waals surface area contributed by atoms with Crippen molar-refractivity contribution in [1.29, 1.82) is 0 Å². The Morgan fingerprint density at radius 2 is 2.09 bits per heavy atom. The zero-order chi connectivity index (χ0) is 7.47. The molecule has 0 saturated heterocycles. The molecule has 0 aromatic rings. The summed E-state index contributed by atoms with van der Waals surface area (Å²) in [6.45, 7) is 2.48. The van der Waals surface area contributed by atoms with Gasteiger partial charge in [-0.2, -0.15) is 0 Å². The molecule has 4 atom stereocenters. The van der Waals surface area contributed by atoms with Crippen LogP contribution in [0.4, 0.5) is 0 Å². The summed E-state index contributed by atoms with van der Waals surface area (Å²) in [6.07, 6.45) is 9.44. The fraction of sp³-hybridized carbons (Fsp3) is 1.00. The van der Waals surface area contributed by atoms with Crippen LogP contribution in [0.2, 0.25) is 0 Å². The Labute approximate surface area is 69.4 Å². The number of hydrogen-bond acceptors (Lipinski definition) is 0. The maximum absolute atomic E-state index is 2.48. The van der Waals surface area contributed by atoms with Crippen LogP contribution >= 0.6 is 0 Å². The van der Waals surface area contributed by atoms with Gasteiger partial charge in [0.2, 0.25) is 0 Å². The molecule has 0 aromatic heterocycles. The topological polar surface area (TPSA) is 0 Å². The minimum absolute atomic E-state index is 0.914. The summed E-state index contributed by atoms with van der Waals surface area (Å²) in [6, 6.07) is 0. The fourth-order valence-electron chi connectivity index (χ4n) is 4.28. The highest BCUT2D eigenvalue weighted by Crippen LogP contribution is 2.68. The van der Waals surface area contributed by atoms with Crippen LogP contribution in [0.1, 0.15) is 45.4 Å². The van der Waals surface area contributed by atoms with Crippen molar-refractivity contribution in [2.45, 2.75) is 45.4 Å². The Morgan fingerprint density at radius 1 is 1.18 bits per heavy atom. The van der Waals surface area contributed by atoms with Gasteiger partial charge in [0.05, 0.1) is 0 Å². The predicted molar refractivity (Wildman–Crippen MR) is 46.3 cm³/mol. The summed E-state index contributed by atoms with van der Waals surface area (Å²) in [5.74, 6) is 3.41. The van der Waals surface area contributed by atoms with Crippen molar-refractivity contribution in [1.82, 2.24) is 0 Å². The maximum atomic E-state index is 2.48. The van der Waals surface area contributed by atoms with E-state index in [0.717, 1.165) is 17.3 Å². The van der Waals surface area contributed by atoms with Gasteiger partial charge in [0.15, 0.2) is 0 Å². The van der Waals surface area contributed by atoms with E-state index in [9.17, 15) is 0 Å². The first-order chi connectivity index (χ1) is 5.32. The Hall–Kier alpha value is 0. The molecule has 2 bridgehead atoms. The van der Waals surface area contributed by atoms with E-state index in [1.165, 1.54) is 5.92 Å². The Bertz CT molecular complexity index is 180. The Kier molecular flexibility index (Phi) is 1.09. The van der Waals surface area contributed by atoms with E-state index in [4.69, 9.17) is 0 Å². The molecule has 0 heteroatoms. The molecule has 4 rings (SSSR count). The lowest BCUT2D eigenvalue weighted by Gasteiger charge is -2.59. The van der Waals surface area contributed by atoms with Crippen molar-refractivity contribution < 1.29 is 0 Å². The third kappa shape index (κ3) is 0.625. The van der Waals surface area contributed by atoms with Gasteiger partial charge in [-0.3, -0.25) is 0 Å². The first kappa shape index (κ1) is 6.51. The third-order valence-electron chi connectivity index (χ3n) is 4.96. The van der Waals surface area contributed by atoms with Crippen LogP contribution in [0, 0.1) is 23.2 Å². The SMILES string of the molecule is C[C@@H]1CC[C@]23CCCC2C1C3. The summed E-state index contributed by atoms with van der Waals surface area (Å²) >= 11 is 0. The van der Waals surface area contributed by atoms with Gasteiger partial charge in [0.1, 0.15) is 0 Å². The second-order valence-electron chi connectivity index (χ2n) is 5.25. The van der Waals surface area contributed by atoms with Crippen molar-refractivity contribution in [3.8, 4) is 0 Å². The van der Waals surface area contributed by atoms with E-state index in [-0.39, 0.29) is 0 Å². The normalized spacial score (nSPS) is 60.3. The van der Waals surface area contributed by atoms with Crippen LogP contribution in [-0.2, 0) is 0 Å². The van der Waals surface area contributed by atoms with Gasteiger partial charge in [-0.05, 0) is 55.3 Å². The summed E-state index contributed by atoms with van der Waals surface area (Å²) < 4.78 is 0. The highest BCUT2D eigenvalue weighted by molar-refractivity contribution is 5.09. The standard InChI is InChI=1S/C11H18/c1-8-4-6-11-5-2-3-10(11)9(8)7-11/h8-10H,2-7H2,1H3/t8-,9?,10?,11+/m1/s1. The molecule has 0 amide bonds. The molecule has 11 heavy (non-hydrogen) atoms. The molecule has 4 fully saturated rings. The van der Waals surface area contributed by atoms with Crippen LogP contribution < -0.4 is 0 Å². The molecular weight excluding hydrogens is 132 g/mol. The number of hydrogen-bond donors (Lipinski definition) is 0. The lowest BCUT2D eigenvalue weighted by Crippen LogP contribution is -2.51. The monoisotopic (exact) mass is 150 g/mol. The van der Waals surface area contributed by atoms with E-state index < -0.39 is 0 Å². The molecular formula is C11H18. The molecule has 0 radical (unpaired) electrons. The molecule has 62 valence electrons. The van der Waals surface area contributed by atoms with Gasteiger partial charge in [-0.1, -0.05) is 13.3 Å². The van der Waals surface area contributed by atoms with Crippen molar-refractivity contribution >= 4 is 0 Å². The van der Waals surface area contributed by atoms with Crippen LogP contribution in [0.15, 0.2) is 0 Å². The van der Waals surface area contributed by atoms with Crippen molar-refractivity contribution in [3.63, 3.8) is 0 Å². The van der Waals surface area contributed by atoms with Crippen LogP contribution in [0.25, 0.3) is 0 Å². The van der Waals surface area contributed by atoms with Crippen molar-refractivity contribution in [2.24, 2.45) is 23.2 Å². The van der Waals surface area contributed by atoms with Crippen molar-refractivity contribution in [3.05, 3.63) is 0 Å².